The van der Waals surface area contributed by atoms with Crippen molar-refractivity contribution in [3.8, 4) is 0 Å². The molecule has 0 aliphatic carbocycles. The lowest BCUT2D eigenvalue weighted by atomic mass is 9.85. The van der Waals surface area contributed by atoms with Gasteiger partial charge in [0.1, 0.15) is 6.29 Å². The molecular weight excluding hydrogens is 276 g/mol. The maximum Gasteiger partial charge on any atom is 0.305 e. The average Bonchev–Trinajstić information content (AvgIpc) is 2.32. The second-order valence-electron chi connectivity index (χ2n) is 6.53. The number of carbonyl (C=O) groups is 2. The molecule has 0 radical (unpaired) electrons. The summed E-state index contributed by atoms with van der Waals surface area (Å²) in [6.45, 7) is 6.91. The van der Waals surface area contributed by atoms with E-state index in [9.17, 15) is 9.59 Å². The summed E-state index contributed by atoms with van der Waals surface area (Å²) in [6, 6.07) is -0.661. The smallest absolute Gasteiger partial charge is 0.305 e. The third-order valence-electron chi connectivity index (χ3n) is 4.03. The first kappa shape index (κ1) is 17.5. The van der Waals surface area contributed by atoms with Crippen molar-refractivity contribution in [3.63, 3.8) is 0 Å². The fourth-order valence-corrected chi connectivity index (χ4v) is 3.63. The molecule has 1 aliphatic heterocycles. The third kappa shape index (κ3) is 5.42. The van der Waals surface area contributed by atoms with Gasteiger partial charge in [0, 0.05) is 16.8 Å². The molecule has 0 aromatic heterocycles. The van der Waals surface area contributed by atoms with E-state index in [1.165, 1.54) is 5.75 Å². The normalized spacial score (nSPS) is 25.3. The van der Waals surface area contributed by atoms with Crippen LogP contribution in [0.2, 0.25) is 0 Å². The molecule has 1 aliphatic rings. The van der Waals surface area contributed by atoms with Gasteiger partial charge in [-0.05, 0) is 31.4 Å². The van der Waals surface area contributed by atoms with Crippen LogP contribution in [-0.2, 0) is 9.59 Å². The average molecular weight is 302 g/mol. The zero-order chi connectivity index (χ0) is 15.4. The predicted molar refractivity (Wildman–Crippen MR) is 82.0 cm³/mol. The van der Waals surface area contributed by atoms with Crippen molar-refractivity contribution < 1.29 is 14.7 Å². The van der Waals surface area contributed by atoms with E-state index in [1.54, 1.807) is 0 Å². The predicted octanol–water partition coefficient (Wildman–Crippen LogP) is 1.26. The summed E-state index contributed by atoms with van der Waals surface area (Å²) in [7, 11) is 0. The van der Waals surface area contributed by atoms with Crippen molar-refractivity contribution in [1.29, 1.82) is 0 Å². The van der Waals surface area contributed by atoms with E-state index in [4.69, 9.17) is 10.8 Å². The van der Waals surface area contributed by atoms with Crippen LogP contribution in [0.1, 0.15) is 40.0 Å². The van der Waals surface area contributed by atoms with Gasteiger partial charge in [-0.1, -0.05) is 13.8 Å². The Morgan fingerprint density at radius 1 is 1.65 bits per heavy atom. The maximum atomic E-state index is 10.8. The van der Waals surface area contributed by atoms with E-state index in [-0.39, 0.29) is 6.42 Å². The van der Waals surface area contributed by atoms with Gasteiger partial charge < -0.3 is 21.0 Å². The highest BCUT2D eigenvalue weighted by molar-refractivity contribution is 8.02. The van der Waals surface area contributed by atoms with E-state index in [1.807, 2.05) is 18.7 Å². The zero-order valence-corrected chi connectivity index (χ0v) is 13.3. The van der Waals surface area contributed by atoms with Crippen LogP contribution in [0.4, 0.5) is 0 Å². The van der Waals surface area contributed by atoms with Gasteiger partial charge >= 0.3 is 5.97 Å². The minimum atomic E-state index is -0.985. The van der Waals surface area contributed by atoms with Crippen LogP contribution in [0.25, 0.3) is 0 Å². The van der Waals surface area contributed by atoms with Crippen molar-refractivity contribution in [2.24, 2.45) is 11.7 Å². The maximum absolute atomic E-state index is 10.8. The summed E-state index contributed by atoms with van der Waals surface area (Å²) in [6.07, 6.45) is 2.37. The summed E-state index contributed by atoms with van der Waals surface area (Å²) in [5.41, 5.74) is 5.81. The number of nitrogens with two attached hydrogens (primary N) is 1. The molecule has 3 atom stereocenters. The third-order valence-corrected chi connectivity index (χ3v) is 5.68. The molecule has 0 saturated carbocycles. The van der Waals surface area contributed by atoms with Gasteiger partial charge in [0.2, 0.25) is 0 Å². The van der Waals surface area contributed by atoms with Gasteiger partial charge in [-0.2, -0.15) is 11.8 Å². The van der Waals surface area contributed by atoms with Gasteiger partial charge in [-0.3, -0.25) is 4.79 Å². The van der Waals surface area contributed by atoms with E-state index in [2.05, 4.69) is 19.2 Å². The molecule has 1 heterocycles. The lowest BCUT2D eigenvalue weighted by Gasteiger charge is -2.45. The Bertz CT molecular complexity index is 358. The highest BCUT2D eigenvalue weighted by Crippen LogP contribution is 2.47. The number of carbonyl (C=O) groups excluding carboxylic acids is 1. The highest BCUT2D eigenvalue weighted by Gasteiger charge is 2.39. The van der Waals surface area contributed by atoms with E-state index >= 15 is 0 Å². The van der Waals surface area contributed by atoms with Crippen molar-refractivity contribution in [2.75, 3.05) is 12.3 Å². The molecule has 0 spiro atoms. The number of carboxylic acid groups (broad SMARTS) is 1. The monoisotopic (exact) mass is 302 g/mol. The van der Waals surface area contributed by atoms with Crippen LogP contribution in [0.15, 0.2) is 0 Å². The fourth-order valence-electron chi connectivity index (χ4n) is 2.28. The molecule has 4 N–H and O–H groups in total. The Labute approximate surface area is 125 Å². The van der Waals surface area contributed by atoms with E-state index in [0.717, 1.165) is 12.8 Å². The van der Waals surface area contributed by atoms with E-state index < -0.39 is 17.6 Å². The molecule has 1 rings (SSSR count). The van der Waals surface area contributed by atoms with Crippen LogP contribution >= 0.6 is 11.8 Å². The molecule has 0 amide bonds. The van der Waals surface area contributed by atoms with Crippen molar-refractivity contribution in [2.45, 2.75) is 56.4 Å². The number of thioether (sulfide) groups is 1. The summed E-state index contributed by atoms with van der Waals surface area (Å²) in [4.78, 5) is 21.4. The van der Waals surface area contributed by atoms with Gasteiger partial charge in [0.05, 0.1) is 12.5 Å². The first-order valence-corrected chi connectivity index (χ1v) is 7.98. The Kier molecular flexibility index (Phi) is 6.04. The zero-order valence-electron chi connectivity index (χ0n) is 12.5. The number of carboxylic acids is 1. The first-order valence-electron chi connectivity index (χ1n) is 6.99. The quantitative estimate of drug-likeness (QED) is 0.555. The van der Waals surface area contributed by atoms with Crippen LogP contribution in [-0.4, -0.2) is 46.0 Å². The van der Waals surface area contributed by atoms with Gasteiger partial charge in [0.25, 0.3) is 0 Å². The second kappa shape index (κ2) is 6.91. The second-order valence-corrected chi connectivity index (χ2v) is 8.20. The molecule has 0 aromatic carbocycles. The lowest BCUT2D eigenvalue weighted by molar-refractivity contribution is -0.138. The minimum absolute atomic E-state index is 0.203. The summed E-state index contributed by atoms with van der Waals surface area (Å²) < 4.78 is 0.345. The van der Waals surface area contributed by atoms with Crippen LogP contribution in [0, 0.1) is 5.92 Å². The number of nitrogens with one attached hydrogen (secondary N) is 1. The number of rotatable bonds is 9. The molecule has 1 fully saturated rings. The van der Waals surface area contributed by atoms with Crippen molar-refractivity contribution in [1.82, 2.24) is 5.32 Å². The van der Waals surface area contributed by atoms with Crippen molar-refractivity contribution in [3.05, 3.63) is 0 Å². The Morgan fingerprint density at radius 2 is 2.30 bits per heavy atom. The molecule has 6 heteroatoms. The fraction of sp³-hybridized carbons (Fsp3) is 0.857. The van der Waals surface area contributed by atoms with Gasteiger partial charge in [-0.15, -0.1) is 0 Å². The number of hydrogen-bond acceptors (Lipinski definition) is 5. The lowest BCUT2D eigenvalue weighted by Crippen LogP contribution is -2.51. The molecule has 20 heavy (non-hydrogen) atoms. The number of aldehydes is 1. The first-order chi connectivity index (χ1) is 9.16. The molecular formula is C14H26N2O3S. The standard InChI is InChI=1S/C14H26N2O3S/c1-13(2)10(8-20-13)4-5-14(3,15)9-16-11(7-17)6-12(18)19/h7,10-11,16H,4-6,8-9,15H2,1-3H3,(H,18,19)/t10?,11-,14?/m0/s1. The van der Waals surface area contributed by atoms with Crippen LogP contribution in [0.5, 0.6) is 0 Å². The molecule has 0 bridgehead atoms. The van der Waals surface area contributed by atoms with Gasteiger partial charge in [-0.25, -0.2) is 0 Å². The Hall–Kier alpha value is -0.590. The Balaban J connectivity index is 2.33. The topological polar surface area (TPSA) is 92.4 Å². The van der Waals surface area contributed by atoms with Gasteiger partial charge in [0.15, 0.2) is 0 Å². The summed E-state index contributed by atoms with van der Waals surface area (Å²) in [5.74, 6) is 0.893. The Morgan fingerprint density at radius 3 is 2.70 bits per heavy atom. The summed E-state index contributed by atoms with van der Waals surface area (Å²) in [5, 5.41) is 11.6. The van der Waals surface area contributed by atoms with Crippen molar-refractivity contribution >= 4 is 24.0 Å². The SMILES string of the molecule is CC(N)(CCC1CSC1(C)C)CN[C@H](C=O)CC(=O)O. The summed E-state index contributed by atoms with van der Waals surface area (Å²) >= 11 is 1.98. The van der Waals surface area contributed by atoms with Crippen LogP contribution in [0.3, 0.4) is 0 Å². The van der Waals surface area contributed by atoms with Crippen LogP contribution < -0.4 is 11.1 Å². The highest BCUT2D eigenvalue weighted by atomic mass is 32.2. The van der Waals surface area contributed by atoms with E-state index in [0.29, 0.717) is 23.5 Å². The molecule has 0 aromatic rings. The minimum Gasteiger partial charge on any atom is -0.481 e. The molecule has 5 nitrogen and oxygen atoms in total. The molecule has 1 saturated heterocycles. The number of hydrogen-bond donors (Lipinski definition) is 3. The molecule has 116 valence electrons. The number of aliphatic carboxylic acids is 1. The largest absolute Gasteiger partial charge is 0.481 e. The molecule has 2 unspecified atom stereocenters.